The van der Waals surface area contributed by atoms with Crippen molar-refractivity contribution >= 4 is 46.0 Å². The van der Waals surface area contributed by atoms with Crippen LogP contribution in [0, 0.1) is 3.57 Å². The van der Waals surface area contributed by atoms with Gasteiger partial charge in [0.25, 0.3) is 0 Å². The third-order valence-electron chi connectivity index (χ3n) is 1.96. The molecule has 14 heavy (non-hydrogen) atoms. The highest BCUT2D eigenvalue weighted by atomic mass is 127. The zero-order valence-electron chi connectivity index (χ0n) is 7.17. The van der Waals surface area contributed by atoms with Crippen molar-refractivity contribution in [3.63, 3.8) is 0 Å². The van der Waals surface area contributed by atoms with Crippen LogP contribution in [0.5, 0.6) is 0 Å². The van der Waals surface area contributed by atoms with Crippen molar-refractivity contribution in [3.8, 4) is 0 Å². The molecule has 0 aromatic heterocycles. The number of rotatable bonds is 1. The van der Waals surface area contributed by atoms with E-state index in [1.807, 2.05) is 18.2 Å². The third-order valence-corrected chi connectivity index (χ3v) is 2.94. The number of anilines is 1. The predicted octanol–water partition coefficient (Wildman–Crippen LogP) is 2.90. The number of ether oxygens (including phenoxy) is 1. The number of halogens is 2. The Bertz CT molecular complexity index is 383. The average Bonchev–Trinajstić information content (AvgIpc) is 2.52. The Kier molecular flexibility index (Phi) is 2.83. The summed E-state index contributed by atoms with van der Waals surface area (Å²) in [7, 11) is 0. The smallest absolute Gasteiger partial charge is 0.414 e. The summed E-state index contributed by atoms with van der Waals surface area (Å²) in [4.78, 5) is 12.8. The van der Waals surface area contributed by atoms with Gasteiger partial charge in [-0.15, -0.1) is 0 Å². The van der Waals surface area contributed by atoms with Crippen molar-refractivity contribution in [1.29, 1.82) is 0 Å². The number of cyclic esters (lactones) is 1. The van der Waals surface area contributed by atoms with E-state index in [4.69, 9.17) is 16.3 Å². The Morgan fingerprint density at radius 3 is 2.86 bits per heavy atom. The van der Waals surface area contributed by atoms with Gasteiger partial charge in [0.05, 0.1) is 17.3 Å². The molecule has 1 fully saturated rings. The zero-order valence-corrected chi connectivity index (χ0v) is 10.1. The fraction of sp³-hybridized carbons (Fsp3) is 0.222. The summed E-state index contributed by atoms with van der Waals surface area (Å²) >= 11 is 8.19. The molecule has 1 heterocycles. The van der Waals surface area contributed by atoms with Crippen LogP contribution in [0.1, 0.15) is 0 Å². The molecule has 5 heteroatoms. The van der Waals surface area contributed by atoms with Crippen molar-refractivity contribution in [1.82, 2.24) is 0 Å². The van der Waals surface area contributed by atoms with E-state index in [9.17, 15) is 4.79 Å². The van der Waals surface area contributed by atoms with Gasteiger partial charge in [0.2, 0.25) is 0 Å². The molecule has 0 atom stereocenters. The average molecular weight is 324 g/mol. The molecule has 0 radical (unpaired) electrons. The van der Waals surface area contributed by atoms with Crippen LogP contribution in [-0.2, 0) is 4.74 Å². The van der Waals surface area contributed by atoms with E-state index in [-0.39, 0.29) is 6.09 Å². The van der Waals surface area contributed by atoms with Gasteiger partial charge in [-0.1, -0.05) is 11.6 Å². The standard InChI is InChI=1S/C9H7ClINO2/c10-7-5-6(11)1-2-8(7)12-3-4-14-9(12)13/h1-2,5H,3-4H2. The lowest BCUT2D eigenvalue weighted by atomic mass is 10.3. The summed E-state index contributed by atoms with van der Waals surface area (Å²) < 4.78 is 5.88. The lowest BCUT2D eigenvalue weighted by molar-refractivity contribution is 0.181. The molecule has 74 valence electrons. The van der Waals surface area contributed by atoms with Gasteiger partial charge < -0.3 is 4.74 Å². The number of amides is 1. The molecule has 0 unspecified atom stereocenters. The number of hydrogen-bond acceptors (Lipinski definition) is 2. The monoisotopic (exact) mass is 323 g/mol. The van der Waals surface area contributed by atoms with Crippen molar-refractivity contribution in [3.05, 3.63) is 26.8 Å². The summed E-state index contributed by atoms with van der Waals surface area (Å²) in [5.41, 5.74) is 0.717. The summed E-state index contributed by atoms with van der Waals surface area (Å²) in [5, 5.41) is 0.579. The largest absolute Gasteiger partial charge is 0.447 e. The Labute approximate surface area is 100 Å². The van der Waals surface area contributed by atoms with Crippen molar-refractivity contribution in [2.75, 3.05) is 18.1 Å². The maximum Gasteiger partial charge on any atom is 0.414 e. The number of carbonyl (C=O) groups excluding carboxylic acids is 1. The van der Waals surface area contributed by atoms with Crippen LogP contribution < -0.4 is 4.90 Å². The van der Waals surface area contributed by atoms with Crippen LogP contribution in [0.15, 0.2) is 18.2 Å². The number of carbonyl (C=O) groups is 1. The van der Waals surface area contributed by atoms with Gasteiger partial charge in [-0.3, -0.25) is 4.90 Å². The van der Waals surface area contributed by atoms with E-state index in [1.165, 1.54) is 0 Å². The van der Waals surface area contributed by atoms with E-state index in [1.54, 1.807) is 4.90 Å². The molecular formula is C9H7ClINO2. The fourth-order valence-corrected chi connectivity index (χ4v) is 2.27. The highest BCUT2D eigenvalue weighted by molar-refractivity contribution is 14.1. The van der Waals surface area contributed by atoms with E-state index < -0.39 is 0 Å². The Hall–Kier alpha value is -0.490. The Balaban J connectivity index is 2.36. The number of nitrogens with zero attached hydrogens (tertiary/aromatic N) is 1. The molecule has 0 saturated carbocycles. The first-order valence-electron chi connectivity index (χ1n) is 4.08. The first-order valence-corrected chi connectivity index (χ1v) is 5.53. The second-order valence-electron chi connectivity index (χ2n) is 2.86. The van der Waals surface area contributed by atoms with Crippen LogP contribution in [0.3, 0.4) is 0 Å². The summed E-state index contributed by atoms with van der Waals surface area (Å²) in [6, 6.07) is 5.56. The van der Waals surface area contributed by atoms with E-state index in [2.05, 4.69) is 22.6 Å². The van der Waals surface area contributed by atoms with Crippen LogP contribution >= 0.6 is 34.2 Å². The molecule has 1 amide bonds. The van der Waals surface area contributed by atoms with Crippen LogP contribution in [0.2, 0.25) is 5.02 Å². The lowest BCUT2D eigenvalue weighted by Crippen LogP contribution is -2.23. The minimum absolute atomic E-state index is 0.326. The molecule has 0 bridgehead atoms. The molecule has 1 saturated heterocycles. The highest BCUT2D eigenvalue weighted by Gasteiger charge is 2.25. The van der Waals surface area contributed by atoms with Gasteiger partial charge in [0.15, 0.2) is 0 Å². The quantitative estimate of drug-likeness (QED) is 0.744. The van der Waals surface area contributed by atoms with Gasteiger partial charge in [-0.05, 0) is 40.8 Å². The fourth-order valence-electron chi connectivity index (χ4n) is 1.31. The van der Waals surface area contributed by atoms with Crippen molar-refractivity contribution in [2.24, 2.45) is 0 Å². The van der Waals surface area contributed by atoms with Gasteiger partial charge in [0.1, 0.15) is 6.61 Å². The second-order valence-corrected chi connectivity index (χ2v) is 4.51. The Morgan fingerprint density at radius 2 is 2.29 bits per heavy atom. The molecule has 0 N–H and O–H groups in total. The maximum atomic E-state index is 11.3. The van der Waals surface area contributed by atoms with Gasteiger partial charge in [0, 0.05) is 3.57 Å². The normalized spacial score (nSPS) is 15.9. The second kappa shape index (κ2) is 3.94. The molecule has 1 aromatic rings. The first-order chi connectivity index (χ1) is 6.68. The van der Waals surface area contributed by atoms with E-state index in [0.717, 1.165) is 9.26 Å². The van der Waals surface area contributed by atoms with Crippen LogP contribution in [0.25, 0.3) is 0 Å². The summed E-state index contributed by atoms with van der Waals surface area (Å²) in [5.74, 6) is 0. The highest BCUT2D eigenvalue weighted by Crippen LogP contribution is 2.29. The van der Waals surface area contributed by atoms with Crippen LogP contribution in [-0.4, -0.2) is 19.2 Å². The maximum absolute atomic E-state index is 11.3. The summed E-state index contributed by atoms with van der Waals surface area (Å²) in [6.07, 6.45) is -0.326. The third kappa shape index (κ3) is 1.81. The van der Waals surface area contributed by atoms with E-state index >= 15 is 0 Å². The van der Waals surface area contributed by atoms with Crippen LogP contribution in [0.4, 0.5) is 10.5 Å². The topological polar surface area (TPSA) is 29.5 Å². The van der Waals surface area contributed by atoms with Gasteiger partial charge in [-0.25, -0.2) is 4.79 Å². The molecule has 1 aliphatic rings. The molecule has 3 nitrogen and oxygen atoms in total. The molecule has 1 aromatic carbocycles. The van der Waals surface area contributed by atoms with Crippen molar-refractivity contribution in [2.45, 2.75) is 0 Å². The molecule has 0 spiro atoms. The summed E-state index contributed by atoms with van der Waals surface area (Å²) in [6.45, 7) is 1.00. The lowest BCUT2D eigenvalue weighted by Gasteiger charge is -2.14. The molecule has 0 aliphatic carbocycles. The van der Waals surface area contributed by atoms with Crippen molar-refractivity contribution < 1.29 is 9.53 Å². The minimum atomic E-state index is -0.326. The van der Waals surface area contributed by atoms with Gasteiger partial charge in [-0.2, -0.15) is 0 Å². The Morgan fingerprint density at radius 1 is 1.50 bits per heavy atom. The molecule has 1 aliphatic heterocycles. The first kappa shape index (κ1) is 10.0. The minimum Gasteiger partial charge on any atom is -0.447 e. The SMILES string of the molecule is O=C1OCCN1c1ccc(I)cc1Cl. The predicted molar refractivity (Wildman–Crippen MR) is 62.9 cm³/mol. The van der Waals surface area contributed by atoms with Gasteiger partial charge >= 0.3 is 6.09 Å². The molecule has 2 rings (SSSR count). The van der Waals surface area contributed by atoms with E-state index in [0.29, 0.717) is 18.2 Å². The number of hydrogen-bond donors (Lipinski definition) is 0. The number of benzene rings is 1. The zero-order chi connectivity index (χ0) is 10.1. The molecular weight excluding hydrogens is 316 g/mol.